The van der Waals surface area contributed by atoms with Crippen molar-refractivity contribution in [3.8, 4) is 0 Å². The molecule has 0 spiro atoms. The number of oxime groups is 1. The molecule has 0 saturated carbocycles. The van der Waals surface area contributed by atoms with E-state index in [0.29, 0.717) is 31.6 Å². The van der Waals surface area contributed by atoms with Crippen molar-refractivity contribution in [1.82, 2.24) is 4.90 Å². The second-order valence-electron chi connectivity index (χ2n) is 4.13. The summed E-state index contributed by atoms with van der Waals surface area (Å²) in [6.45, 7) is 0.976. The van der Waals surface area contributed by atoms with Gasteiger partial charge in [-0.15, -0.1) is 11.3 Å². The maximum atomic E-state index is 10.8. The van der Waals surface area contributed by atoms with E-state index in [1.807, 2.05) is 11.4 Å². The Morgan fingerprint density at radius 2 is 2.17 bits per heavy atom. The van der Waals surface area contributed by atoms with Crippen molar-refractivity contribution in [1.29, 1.82) is 0 Å². The Kier molecular flexibility index (Phi) is 4.23. The van der Waals surface area contributed by atoms with Crippen LogP contribution in [-0.2, 0) is 0 Å². The molecule has 1 aromatic rings. The molecule has 1 amide bonds. The Morgan fingerprint density at radius 1 is 1.50 bits per heavy atom. The molecule has 2 heterocycles. The summed E-state index contributed by atoms with van der Waals surface area (Å²) in [4.78, 5) is 13.1. The molecule has 0 aliphatic carbocycles. The number of halogens is 1. The normalized spacial score (nSPS) is 18.1. The lowest BCUT2D eigenvalue weighted by molar-refractivity contribution is 0.131. The largest absolute Gasteiger partial charge is 0.465 e. The minimum atomic E-state index is -0.881. The Bertz CT molecular complexity index is 467. The van der Waals surface area contributed by atoms with Crippen molar-refractivity contribution in [2.75, 3.05) is 13.1 Å². The van der Waals surface area contributed by atoms with Gasteiger partial charge in [0.1, 0.15) is 5.71 Å². The molecule has 2 N–H and O–H groups in total. The highest BCUT2D eigenvalue weighted by atomic mass is 79.9. The number of hydrogen-bond acceptors (Lipinski definition) is 4. The van der Waals surface area contributed by atoms with Gasteiger partial charge in [-0.2, -0.15) is 0 Å². The van der Waals surface area contributed by atoms with Crippen LogP contribution in [0.5, 0.6) is 0 Å². The summed E-state index contributed by atoms with van der Waals surface area (Å²) >= 11 is 4.94. The number of amides is 1. The maximum Gasteiger partial charge on any atom is 0.407 e. The molecule has 1 aromatic heterocycles. The van der Waals surface area contributed by atoms with E-state index >= 15 is 0 Å². The van der Waals surface area contributed by atoms with Crippen LogP contribution in [0.2, 0.25) is 0 Å². The van der Waals surface area contributed by atoms with Crippen molar-refractivity contribution in [2.45, 2.75) is 12.8 Å². The van der Waals surface area contributed by atoms with E-state index in [0.717, 1.165) is 9.35 Å². The Balaban J connectivity index is 2.09. The second kappa shape index (κ2) is 5.71. The number of thiophene rings is 1. The molecule has 5 nitrogen and oxygen atoms in total. The summed E-state index contributed by atoms with van der Waals surface area (Å²) in [5.74, 6) is 0.112. The van der Waals surface area contributed by atoms with Crippen LogP contribution in [0.4, 0.5) is 4.79 Å². The highest BCUT2D eigenvalue weighted by molar-refractivity contribution is 9.10. The van der Waals surface area contributed by atoms with Gasteiger partial charge in [-0.1, -0.05) is 5.16 Å². The van der Waals surface area contributed by atoms with Gasteiger partial charge in [0.25, 0.3) is 0 Å². The van der Waals surface area contributed by atoms with Crippen LogP contribution in [-0.4, -0.2) is 40.1 Å². The van der Waals surface area contributed by atoms with Gasteiger partial charge in [0.05, 0.1) is 4.88 Å². The lowest BCUT2D eigenvalue weighted by Gasteiger charge is -2.30. The van der Waals surface area contributed by atoms with Crippen LogP contribution in [0.15, 0.2) is 21.1 Å². The van der Waals surface area contributed by atoms with Gasteiger partial charge < -0.3 is 15.2 Å². The Labute approximate surface area is 117 Å². The molecule has 0 atom stereocenters. The van der Waals surface area contributed by atoms with E-state index in [2.05, 4.69) is 21.1 Å². The van der Waals surface area contributed by atoms with E-state index in [-0.39, 0.29) is 5.92 Å². The van der Waals surface area contributed by atoms with Gasteiger partial charge in [-0.3, -0.25) is 0 Å². The summed E-state index contributed by atoms with van der Waals surface area (Å²) in [5.41, 5.74) is 0.655. The van der Waals surface area contributed by atoms with Crippen molar-refractivity contribution in [2.24, 2.45) is 11.1 Å². The van der Waals surface area contributed by atoms with E-state index in [1.54, 1.807) is 0 Å². The van der Waals surface area contributed by atoms with E-state index in [9.17, 15) is 10.0 Å². The maximum absolute atomic E-state index is 10.8. The topological polar surface area (TPSA) is 73.1 Å². The monoisotopic (exact) mass is 332 g/mol. The molecule has 1 saturated heterocycles. The zero-order chi connectivity index (χ0) is 13.1. The lowest BCUT2D eigenvalue weighted by Crippen LogP contribution is -2.39. The van der Waals surface area contributed by atoms with Crippen LogP contribution in [0.25, 0.3) is 0 Å². The van der Waals surface area contributed by atoms with Gasteiger partial charge in [-0.25, -0.2) is 4.79 Å². The molecule has 1 aliphatic rings. The van der Waals surface area contributed by atoms with Crippen molar-refractivity contribution < 1.29 is 15.1 Å². The van der Waals surface area contributed by atoms with Gasteiger partial charge in [0, 0.05) is 23.5 Å². The molecule has 0 aromatic carbocycles. The van der Waals surface area contributed by atoms with Crippen LogP contribution >= 0.6 is 27.3 Å². The van der Waals surface area contributed by atoms with Crippen LogP contribution in [0.3, 0.4) is 0 Å². The zero-order valence-corrected chi connectivity index (χ0v) is 11.9. The number of nitrogens with zero attached hydrogens (tertiary/aromatic N) is 2. The molecule has 7 heteroatoms. The van der Waals surface area contributed by atoms with Crippen LogP contribution in [0.1, 0.15) is 17.7 Å². The zero-order valence-electron chi connectivity index (χ0n) is 9.54. The van der Waals surface area contributed by atoms with Crippen molar-refractivity contribution >= 4 is 39.1 Å². The van der Waals surface area contributed by atoms with E-state index < -0.39 is 6.09 Å². The number of hydrogen-bond donors (Lipinski definition) is 2. The molecule has 98 valence electrons. The first-order chi connectivity index (χ1) is 8.63. The molecule has 2 rings (SSSR count). The number of piperidine rings is 1. The fraction of sp³-hybridized carbons (Fsp3) is 0.455. The third-order valence-electron chi connectivity index (χ3n) is 3.11. The minimum absolute atomic E-state index is 0.112. The summed E-state index contributed by atoms with van der Waals surface area (Å²) in [6, 6.07) is 1.91. The third kappa shape index (κ3) is 2.67. The average Bonchev–Trinajstić information content (AvgIpc) is 2.78. The Hall–Kier alpha value is -1.08. The molecule has 0 bridgehead atoms. The predicted octanol–water partition coefficient (Wildman–Crippen LogP) is 3.08. The Morgan fingerprint density at radius 3 is 2.61 bits per heavy atom. The molecular formula is C11H13BrN2O3S. The first kappa shape index (κ1) is 13.4. The molecule has 1 aliphatic heterocycles. The van der Waals surface area contributed by atoms with Crippen LogP contribution < -0.4 is 0 Å². The molecule has 18 heavy (non-hydrogen) atoms. The van der Waals surface area contributed by atoms with Gasteiger partial charge >= 0.3 is 6.09 Å². The minimum Gasteiger partial charge on any atom is -0.465 e. The second-order valence-corrected chi connectivity index (χ2v) is 5.90. The summed E-state index contributed by atoms with van der Waals surface area (Å²) in [7, 11) is 0. The van der Waals surface area contributed by atoms with Crippen LogP contribution in [0, 0.1) is 5.92 Å². The first-order valence-corrected chi connectivity index (χ1v) is 7.24. The van der Waals surface area contributed by atoms with Crippen molar-refractivity contribution in [3.63, 3.8) is 0 Å². The van der Waals surface area contributed by atoms with Gasteiger partial charge in [0.2, 0.25) is 0 Å². The first-order valence-electron chi connectivity index (χ1n) is 5.56. The predicted molar refractivity (Wildman–Crippen MR) is 72.7 cm³/mol. The fourth-order valence-electron chi connectivity index (χ4n) is 2.13. The van der Waals surface area contributed by atoms with E-state index in [1.165, 1.54) is 16.2 Å². The number of likely N-dealkylation sites (tertiary alicyclic amines) is 1. The number of carboxylic acid groups (broad SMARTS) is 1. The quantitative estimate of drug-likeness (QED) is 0.496. The third-order valence-corrected chi connectivity index (χ3v) is 4.97. The number of rotatable bonds is 2. The van der Waals surface area contributed by atoms with Gasteiger partial charge in [0.15, 0.2) is 0 Å². The fourth-order valence-corrected chi connectivity index (χ4v) is 3.77. The molecule has 1 fully saturated rings. The average molecular weight is 333 g/mol. The lowest BCUT2D eigenvalue weighted by atomic mass is 9.91. The highest BCUT2D eigenvalue weighted by Crippen LogP contribution is 2.30. The van der Waals surface area contributed by atoms with Gasteiger partial charge in [-0.05, 0) is 40.2 Å². The van der Waals surface area contributed by atoms with E-state index in [4.69, 9.17) is 5.11 Å². The molecule has 0 radical (unpaired) electrons. The summed E-state index contributed by atoms with van der Waals surface area (Å²) in [6.07, 6.45) is 0.500. The smallest absolute Gasteiger partial charge is 0.407 e. The SMILES string of the molecule is O=C(O)N1CCC(C(=NO)c2sccc2Br)CC1. The number of carbonyl (C=O) groups is 1. The summed E-state index contributed by atoms with van der Waals surface area (Å²) in [5, 5.41) is 23.4. The molecule has 0 unspecified atom stereocenters. The highest BCUT2D eigenvalue weighted by Gasteiger charge is 2.28. The van der Waals surface area contributed by atoms with Crippen molar-refractivity contribution in [3.05, 3.63) is 20.8 Å². The standard InChI is InChI=1S/C11H13BrN2O3S/c12-8-3-6-18-10(8)9(13-17)7-1-4-14(5-2-7)11(15)16/h3,6-7,17H,1-2,4-5H2,(H,15,16). The molecular weight excluding hydrogens is 320 g/mol. The summed E-state index contributed by atoms with van der Waals surface area (Å²) < 4.78 is 0.918.